The molecular weight excluding hydrogens is 291 g/mol. The van der Waals surface area contributed by atoms with Crippen LogP contribution < -0.4 is 10.2 Å². The quantitative estimate of drug-likeness (QED) is 0.898. The Morgan fingerprint density at radius 1 is 1.10 bits per heavy atom. The van der Waals surface area contributed by atoms with Gasteiger partial charge in [-0.05, 0) is 29.3 Å². The van der Waals surface area contributed by atoms with Crippen LogP contribution in [-0.2, 0) is 13.1 Å². The van der Waals surface area contributed by atoms with Gasteiger partial charge in [-0.1, -0.05) is 47.5 Å². The Morgan fingerprint density at radius 3 is 2.80 bits per heavy atom. The van der Waals surface area contributed by atoms with Crippen molar-refractivity contribution >= 4 is 28.9 Å². The van der Waals surface area contributed by atoms with Crippen LogP contribution in [0.5, 0.6) is 0 Å². The van der Waals surface area contributed by atoms with E-state index in [0.29, 0.717) is 5.02 Å². The molecule has 0 fully saturated rings. The van der Waals surface area contributed by atoms with Gasteiger partial charge in [-0.25, -0.2) is 0 Å². The minimum Gasteiger partial charge on any atom is -0.366 e. The number of hydrogen-bond donors (Lipinski definition) is 1. The molecule has 1 aliphatic heterocycles. The fourth-order valence-corrected chi connectivity index (χ4v) is 3.01. The van der Waals surface area contributed by atoms with Crippen LogP contribution in [0.15, 0.2) is 42.5 Å². The maximum absolute atomic E-state index is 6.29. The number of benzene rings is 2. The summed E-state index contributed by atoms with van der Waals surface area (Å²) < 4.78 is 0. The molecule has 0 aromatic heterocycles. The zero-order chi connectivity index (χ0) is 13.9. The maximum Gasteiger partial charge on any atom is 0.0470 e. The van der Waals surface area contributed by atoms with Crippen LogP contribution in [0, 0.1) is 0 Å². The molecule has 0 saturated carbocycles. The Hall–Kier alpha value is -1.22. The summed E-state index contributed by atoms with van der Waals surface area (Å²) in [6.07, 6.45) is 0. The Bertz CT molecular complexity index is 613. The zero-order valence-corrected chi connectivity index (χ0v) is 12.6. The number of rotatable bonds is 2. The second kappa shape index (κ2) is 6.04. The lowest BCUT2D eigenvalue weighted by Crippen LogP contribution is -2.28. The molecule has 0 amide bonds. The lowest BCUT2D eigenvalue weighted by atomic mass is 10.1. The Labute approximate surface area is 129 Å². The Kier molecular flexibility index (Phi) is 4.16. The first-order valence-corrected chi connectivity index (χ1v) is 7.47. The second-order valence-electron chi connectivity index (χ2n) is 4.96. The van der Waals surface area contributed by atoms with E-state index in [0.717, 1.165) is 36.8 Å². The van der Waals surface area contributed by atoms with Gasteiger partial charge in [-0.2, -0.15) is 0 Å². The fourth-order valence-electron chi connectivity index (χ4n) is 2.55. The second-order valence-corrected chi connectivity index (χ2v) is 5.81. The molecule has 2 aromatic carbocycles. The van der Waals surface area contributed by atoms with Crippen LogP contribution in [0.25, 0.3) is 0 Å². The highest BCUT2D eigenvalue weighted by atomic mass is 35.5. The first-order valence-electron chi connectivity index (χ1n) is 6.71. The summed E-state index contributed by atoms with van der Waals surface area (Å²) in [5, 5.41) is 4.85. The number of fused-ring (bicyclic) bond motifs is 1. The van der Waals surface area contributed by atoms with E-state index in [-0.39, 0.29) is 0 Å². The molecule has 0 spiro atoms. The van der Waals surface area contributed by atoms with Gasteiger partial charge in [0.15, 0.2) is 0 Å². The van der Waals surface area contributed by atoms with Crippen molar-refractivity contribution < 1.29 is 0 Å². The minimum atomic E-state index is 0.677. The highest BCUT2D eigenvalue weighted by molar-refractivity contribution is 6.35. The summed E-state index contributed by atoms with van der Waals surface area (Å²) in [6.45, 7) is 3.66. The summed E-state index contributed by atoms with van der Waals surface area (Å²) in [6, 6.07) is 14.2. The van der Waals surface area contributed by atoms with Crippen molar-refractivity contribution in [2.45, 2.75) is 13.1 Å². The molecule has 0 aliphatic carbocycles. The van der Waals surface area contributed by atoms with Crippen molar-refractivity contribution in [3.05, 3.63) is 63.6 Å². The monoisotopic (exact) mass is 306 g/mol. The molecule has 0 saturated heterocycles. The predicted octanol–water partition coefficient (Wildman–Crippen LogP) is 4.10. The van der Waals surface area contributed by atoms with Crippen LogP contribution >= 0.6 is 23.2 Å². The third-order valence-electron chi connectivity index (χ3n) is 3.58. The molecule has 104 valence electrons. The van der Waals surface area contributed by atoms with Gasteiger partial charge in [0.25, 0.3) is 0 Å². The normalized spacial score (nSPS) is 14.8. The standard InChI is InChI=1S/C16H16Cl2N2/c17-14-6-5-13(15(18)9-14)11-20-8-7-19-10-12-3-1-2-4-16(12)20/h1-6,9,19H,7-8,10-11H2. The number of halogens is 2. The van der Waals surface area contributed by atoms with Crippen LogP contribution in [0.1, 0.15) is 11.1 Å². The average Bonchev–Trinajstić information content (AvgIpc) is 2.65. The largest absolute Gasteiger partial charge is 0.366 e. The molecule has 3 rings (SSSR count). The van der Waals surface area contributed by atoms with Crippen molar-refractivity contribution in [3.8, 4) is 0 Å². The maximum atomic E-state index is 6.29. The molecule has 2 aromatic rings. The summed E-state index contributed by atoms with van der Waals surface area (Å²) in [5.41, 5.74) is 3.71. The van der Waals surface area contributed by atoms with Gasteiger partial charge in [0.1, 0.15) is 0 Å². The molecule has 20 heavy (non-hydrogen) atoms. The van der Waals surface area contributed by atoms with Crippen molar-refractivity contribution in [1.82, 2.24) is 5.32 Å². The number of anilines is 1. The molecule has 2 nitrogen and oxygen atoms in total. The molecule has 0 bridgehead atoms. The van der Waals surface area contributed by atoms with E-state index in [1.165, 1.54) is 11.3 Å². The van der Waals surface area contributed by atoms with Gasteiger partial charge in [0.05, 0.1) is 0 Å². The van der Waals surface area contributed by atoms with E-state index in [1.807, 2.05) is 12.1 Å². The van der Waals surface area contributed by atoms with Crippen molar-refractivity contribution in [1.29, 1.82) is 0 Å². The zero-order valence-electron chi connectivity index (χ0n) is 11.1. The van der Waals surface area contributed by atoms with Gasteiger partial charge in [0, 0.05) is 41.9 Å². The van der Waals surface area contributed by atoms with Gasteiger partial charge in [-0.15, -0.1) is 0 Å². The Balaban J connectivity index is 1.90. The topological polar surface area (TPSA) is 15.3 Å². The van der Waals surface area contributed by atoms with Gasteiger partial charge in [0.2, 0.25) is 0 Å². The predicted molar refractivity (Wildman–Crippen MR) is 85.7 cm³/mol. The third-order valence-corrected chi connectivity index (χ3v) is 4.17. The lowest BCUT2D eigenvalue weighted by Gasteiger charge is -2.25. The van der Waals surface area contributed by atoms with Gasteiger partial charge in [-0.3, -0.25) is 0 Å². The van der Waals surface area contributed by atoms with Crippen LogP contribution in [0.4, 0.5) is 5.69 Å². The van der Waals surface area contributed by atoms with Gasteiger partial charge < -0.3 is 10.2 Å². The lowest BCUT2D eigenvalue weighted by molar-refractivity contribution is 0.688. The number of para-hydroxylation sites is 1. The van der Waals surface area contributed by atoms with Crippen molar-refractivity contribution in [3.63, 3.8) is 0 Å². The molecular formula is C16H16Cl2N2. The molecule has 4 heteroatoms. The van der Waals surface area contributed by atoms with Crippen LogP contribution in [0.3, 0.4) is 0 Å². The number of hydrogen-bond acceptors (Lipinski definition) is 2. The summed E-state index contributed by atoms with van der Waals surface area (Å²) >= 11 is 12.2. The highest BCUT2D eigenvalue weighted by Crippen LogP contribution is 2.27. The van der Waals surface area contributed by atoms with E-state index in [9.17, 15) is 0 Å². The molecule has 0 radical (unpaired) electrons. The van der Waals surface area contributed by atoms with E-state index < -0.39 is 0 Å². The van der Waals surface area contributed by atoms with Gasteiger partial charge >= 0.3 is 0 Å². The third kappa shape index (κ3) is 2.93. The first kappa shape index (κ1) is 13.7. The fraction of sp³-hybridized carbons (Fsp3) is 0.250. The SMILES string of the molecule is Clc1ccc(CN2CCNCc3ccccc32)c(Cl)c1. The number of nitrogens with zero attached hydrogens (tertiary/aromatic N) is 1. The highest BCUT2D eigenvalue weighted by Gasteiger charge is 2.15. The summed E-state index contributed by atoms with van der Waals surface area (Å²) in [5.74, 6) is 0. The molecule has 0 unspecified atom stereocenters. The minimum absolute atomic E-state index is 0.677. The summed E-state index contributed by atoms with van der Waals surface area (Å²) in [4.78, 5) is 2.37. The van der Waals surface area contributed by atoms with Crippen molar-refractivity contribution in [2.24, 2.45) is 0 Å². The van der Waals surface area contributed by atoms with E-state index in [1.54, 1.807) is 6.07 Å². The molecule has 1 aliphatic rings. The number of nitrogens with one attached hydrogen (secondary N) is 1. The molecule has 0 atom stereocenters. The van der Waals surface area contributed by atoms with E-state index in [4.69, 9.17) is 23.2 Å². The smallest absolute Gasteiger partial charge is 0.0470 e. The summed E-state index contributed by atoms with van der Waals surface area (Å²) in [7, 11) is 0. The average molecular weight is 307 g/mol. The van der Waals surface area contributed by atoms with E-state index in [2.05, 4.69) is 34.5 Å². The van der Waals surface area contributed by atoms with Crippen LogP contribution in [0.2, 0.25) is 10.0 Å². The Morgan fingerprint density at radius 2 is 1.95 bits per heavy atom. The van der Waals surface area contributed by atoms with Crippen LogP contribution in [-0.4, -0.2) is 13.1 Å². The van der Waals surface area contributed by atoms with Crippen molar-refractivity contribution in [2.75, 3.05) is 18.0 Å². The molecule has 1 heterocycles. The molecule has 1 N–H and O–H groups in total. The van der Waals surface area contributed by atoms with E-state index >= 15 is 0 Å². The first-order chi connectivity index (χ1) is 9.74.